The third kappa shape index (κ3) is 4.97. The molecule has 0 bridgehead atoms. The Bertz CT molecular complexity index is 1100. The SMILES string of the molecule is Cc1nn(Cc2cccc(NC(=O)C(C)n3nc(C(F)F)cc3C(F)F)c2)c(C)c1Br. The Hall–Kier alpha value is -2.69. The number of anilines is 1. The Morgan fingerprint density at radius 1 is 1.13 bits per heavy atom. The lowest BCUT2D eigenvalue weighted by molar-refractivity contribution is -0.119. The Labute approximate surface area is 184 Å². The second kappa shape index (κ2) is 9.21. The highest BCUT2D eigenvalue weighted by Crippen LogP contribution is 2.28. The summed E-state index contributed by atoms with van der Waals surface area (Å²) in [5, 5.41) is 10.6. The van der Waals surface area contributed by atoms with Crippen molar-refractivity contribution in [1.82, 2.24) is 19.6 Å². The highest BCUT2D eigenvalue weighted by molar-refractivity contribution is 9.10. The minimum absolute atomic E-state index is 0.440. The maximum Gasteiger partial charge on any atom is 0.282 e. The molecule has 0 aliphatic carbocycles. The van der Waals surface area contributed by atoms with Gasteiger partial charge in [-0.3, -0.25) is 14.2 Å². The van der Waals surface area contributed by atoms with Crippen molar-refractivity contribution < 1.29 is 22.4 Å². The molecule has 1 aromatic carbocycles. The highest BCUT2D eigenvalue weighted by atomic mass is 79.9. The number of carbonyl (C=O) groups is 1. The van der Waals surface area contributed by atoms with Gasteiger partial charge in [-0.25, -0.2) is 17.6 Å². The second-order valence-corrected chi connectivity index (χ2v) is 7.84. The number of aromatic nitrogens is 4. The zero-order valence-electron chi connectivity index (χ0n) is 16.9. The smallest absolute Gasteiger partial charge is 0.282 e. The summed E-state index contributed by atoms with van der Waals surface area (Å²) < 4.78 is 55.6. The first-order valence-electron chi connectivity index (χ1n) is 9.33. The zero-order valence-corrected chi connectivity index (χ0v) is 18.5. The lowest BCUT2D eigenvalue weighted by atomic mass is 10.2. The minimum atomic E-state index is -3.04. The number of amides is 1. The molecule has 0 fully saturated rings. The van der Waals surface area contributed by atoms with Gasteiger partial charge in [-0.2, -0.15) is 10.2 Å². The van der Waals surface area contributed by atoms with E-state index in [1.165, 1.54) is 6.92 Å². The maximum atomic E-state index is 13.2. The predicted molar refractivity (Wildman–Crippen MR) is 110 cm³/mol. The molecule has 1 amide bonds. The Kier molecular flexibility index (Phi) is 6.83. The molecule has 1 N–H and O–H groups in total. The van der Waals surface area contributed by atoms with Crippen molar-refractivity contribution in [2.45, 2.75) is 46.2 Å². The lowest BCUT2D eigenvalue weighted by Crippen LogP contribution is -2.26. The van der Waals surface area contributed by atoms with E-state index in [1.807, 2.05) is 24.6 Å². The fraction of sp³-hybridized carbons (Fsp3) is 0.350. The van der Waals surface area contributed by atoms with E-state index >= 15 is 0 Å². The molecule has 6 nitrogen and oxygen atoms in total. The summed E-state index contributed by atoms with van der Waals surface area (Å²) in [6, 6.07) is 6.38. The normalized spacial score (nSPS) is 12.6. The molecule has 2 aromatic heterocycles. The van der Waals surface area contributed by atoms with Crippen LogP contribution in [-0.4, -0.2) is 25.5 Å². The van der Waals surface area contributed by atoms with E-state index in [4.69, 9.17) is 0 Å². The van der Waals surface area contributed by atoms with Gasteiger partial charge in [-0.1, -0.05) is 12.1 Å². The number of nitrogens with zero attached hydrogens (tertiary/aromatic N) is 4. The van der Waals surface area contributed by atoms with Crippen molar-refractivity contribution in [3.63, 3.8) is 0 Å². The fourth-order valence-electron chi connectivity index (χ4n) is 3.12. The van der Waals surface area contributed by atoms with Crippen LogP contribution in [0.4, 0.5) is 23.2 Å². The van der Waals surface area contributed by atoms with Gasteiger partial charge in [0.05, 0.1) is 22.4 Å². The molecule has 11 heteroatoms. The first-order chi connectivity index (χ1) is 14.6. The van der Waals surface area contributed by atoms with Crippen LogP contribution in [0.5, 0.6) is 0 Å². The monoisotopic (exact) mass is 501 g/mol. The van der Waals surface area contributed by atoms with Gasteiger partial charge in [0.15, 0.2) is 0 Å². The molecule has 3 aromatic rings. The molecular weight excluding hydrogens is 482 g/mol. The first kappa shape index (κ1) is 23.0. The predicted octanol–water partition coefficient (Wildman–Crippen LogP) is 5.58. The topological polar surface area (TPSA) is 64.7 Å². The van der Waals surface area contributed by atoms with Crippen molar-refractivity contribution in [3.05, 3.63) is 63.1 Å². The second-order valence-electron chi connectivity index (χ2n) is 7.05. The molecule has 2 heterocycles. The van der Waals surface area contributed by atoms with Gasteiger partial charge in [0.1, 0.15) is 17.4 Å². The molecular formula is C20H20BrF4N5O. The van der Waals surface area contributed by atoms with E-state index in [-0.39, 0.29) is 0 Å². The summed E-state index contributed by atoms with van der Waals surface area (Å²) in [4.78, 5) is 12.6. The summed E-state index contributed by atoms with van der Waals surface area (Å²) >= 11 is 3.48. The van der Waals surface area contributed by atoms with Crippen LogP contribution in [0, 0.1) is 13.8 Å². The van der Waals surface area contributed by atoms with E-state index in [9.17, 15) is 22.4 Å². The Morgan fingerprint density at radius 3 is 2.42 bits per heavy atom. The Morgan fingerprint density at radius 2 is 1.84 bits per heavy atom. The van der Waals surface area contributed by atoms with Crippen LogP contribution < -0.4 is 5.32 Å². The molecule has 0 saturated heterocycles. The molecule has 0 aliphatic heterocycles. The minimum Gasteiger partial charge on any atom is -0.324 e. The molecule has 0 radical (unpaired) electrons. The molecule has 166 valence electrons. The maximum absolute atomic E-state index is 13.2. The number of carbonyl (C=O) groups excluding carboxylic acids is 1. The average Bonchev–Trinajstić information content (AvgIpc) is 3.26. The number of rotatable bonds is 7. The van der Waals surface area contributed by atoms with Crippen LogP contribution >= 0.6 is 15.9 Å². The van der Waals surface area contributed by atoms with Crippen LogP contribution in [0.3, 0.4) is 0 Å². The molecule has 3 rings (SSSR count). The third-order valence-electron chi connectivity index (χ3n) is 4.80. The van der Waals surface area contributed by atoms with Gasteiger partial charge in [-0.05, 0) is 60.5 Å². The Balaban J connectivity index is 1.78. The first-order valence-corrected chi connectivity index (χ1v) is 10.1. The van der Waals surface area contributed by atoms with Gasteiger partial charge < -0.3 is 5.32 Å². The zero-order chi connectivity index (χ0) is 22.9. The lowest BCUT2D eigenvalue weighted by Gasteiger charge is -2.16. The summed E-state index contributed by atoms with van der Waals surface area (Å²) in [6.45, 7) is 5.59. The summed E-state index contributed by atoms with van der Waals surface area (Å²) in [5.74, 6) is -0.656. The highest BCUT2D eigenvalue weighted by Gasteiger charge is 2.27. The molecule has 1 atom stereocenters. The van der Waals surface area contributed by atoms with Crippen molar-refractivity contribution in [2.24, 2.45) is 0 Å². The summed E-state index contributed by atoms with van der Waals surface area (Å²) in [7, 11) is 0. The van der Waals surface area contributed by atoms with Crippen molar-refractivity contribution in [1.29, 1.82) is 0 Å². The van der Waals surface area contributed by atoms with Crippen LogP contribution in [0.25, 0.3) is 0 Å². The summed E-state index contributed by atoms with van der Waals surface area (Å²) in [6.07, 6.45) is -6.06. The number of aryl methyl sites for hydroxylation is 1. The fourth-order valence-corrected chi connectivity index (χ4v) is 3.40. The largest absolute Gasteiger partial charge is 0.324 e. The standard InChI is InChI=1S/C20H20BrF4N5O/c1-10-17(21)11(2)29(27-10)9-13-5-4-6-14(7-13)26-20(31)12(3)30-16(19(24)25)8-15(28-30)18(22)23/h4-8,12,18-19H,9H2,1-3H3,(H,26,31). The molecule has 0 saturated carbocycles. The average molecular weight is 502 g/mol. The van der Waals surface area contributed by atoms with Crippen LogP contribution in [0.2, 0.25) is 0 Å². The third-order valence-corrected chi connectivity index (χ3v) is 5.94. The van der Waals surface area contributed by atoms with Gasteiger partial charge in [0.25, 0.3) is 12.9 Å². The van der Waals surface area contributed by atoms with Crippen molar-refractivity contribution >= 4 is 27.5 Å². The number of nitrogens with one attached hydrogen (secondary N) is 1. The van der Waals surface area contributed by atoms with Crippen LogP contribution in [0.15, 0.2) is 34.8 Å². The molecule has 31 heavy (non-hydrogen) atoms. The quantitative estimate of drug-likeness (QED) is 0.429. The van der Waals surface area contributed by atoms with Crippen molar-refractivity contribution in [3.8, 4) is 0 Å². The number of halogens is 5. The molecule has 1 unspecified atom stereocenters. The van der Waals surface area contributed by atoms with Crippen LogP contribution in [-0.2, 0) is 11.3 Å². The van der Waals surface area contributed by atoms with Gasteiger partial charge >= 0.3 is 0 Å². The number of alkyl halides is 4. The molecule has 0 aliphatic rings. The summed E-state index contributed by atoms with van der Waals surface area (Å²) in [5.41, 5.74) is 1.57. The van der Waals surface area contributed by atoms with E-state index in [0.717, 1.165) is 21.4 Å². The van der Waals surface area contributed by atoms with E-state index < -0.39 is 36.2 Å². The van der Waals surface area contributed by atoms with E-state index in [0.29, 0.717) is 23.0 Å². The molecule has 0 spiro atoms. The van der Waals surface area contributed by atoms with Gasteiger partial charge in [0.2, 0.25) is 5.91 Å². The van der Waals surface area contributed by atoms with E-state index in [1.54, 1.807) is 18.2 Å². The van der Waals surface area contributed by atoms with Gasteiger partial charge in [0, 0.05) is 5.69 Å². The number of hydrogen-bond acceptors (Lipinski definition) is 3. The van der Waals surface area contributed by atoms with Crippen molar-refractivity contribution in [2.75, 3.05) is 5.32 Å². The van der Waals surface area contributed by atoms with Crippen LogP contribution in [0.1, 0.15) is 54.2 Å². The number of hydrogen-bond donors (Lipinski definition) is 1. The number of benzene rings is 1. The van der Waals surface area contributed by atoms with E-state index in [2.05, 4.69) is 31.4 Å². The van der Waals surface area contributed by atoms with Gasteiger partial charge in [-0.15, -0.1) is 0 Å².